The van der Waals surface area contributed by atoms with Gasteiger partial charge in [0.25, 0.3) is 0 Å². The molecule has 0 bridgehead atoms. The highest BCUT2D eigenvalue weighted by Crippen LogP contribution is 2.19. The first kappa shape index (κ1) is 9.88. The molecule has 13 heavy (non-hydrogen) atoms. The van der Waals surface area contributed by atoms with Crippen LogP contribution in [0.3, 0.4) is 0 Å². The number of nitrogen functional groups attached to an aromatic ring is 1. The third kappa shape index (κ3) is 2.64. The molecule has 5 heteroatoms. The summed E-state index contributed by atoms with van der Waals surface area (Å²) >= 11 is 4.10. The van der Waals surface area contributed by atoms with Gasteiger partial charge in [0.1, 0.15) is 0 Å². The van der Waals surface area contributed by atoms with Crippen LogP contribution in [0.25, 0.3) is 0 Å². The number of aliphatic carboxylic acids is 1. The van der Waals surface area contributed by atoms with Crippen LogP contribution in [-0.4, -0.2) is 11.1 Å². The molecule has 0 aliphatic rings. The zero-order chi connectivity index (χ0) is 9.84. The van der Waals surface area contributed by atoms with Crippen LogP contribution in [-0.2, 0) is 11.2 Å². The number of anilines is 1. The maximum atomic E-state index is 10.5. The minimum absolute atomic E-state index is 0.0616. The van der Waals surface area contributed by atoms with Gasteiger partial charge in [-0.3, -0.25) is 10.6 Å². The molecule has 0 saturated carbocycles. The van der Waals surface area contributed by atoms with Crippen molar-refractivity contribution in [3.63, 3.8) is 0 Å². The molecular weight excluding hydrogens is 188 g/mol. The quantitative estimate of drug-likeness (QED) is 0.330. The zero-order valence-electron chi connectivity index (χ0n) is 6.82. The van der Waals surface area contributed by atoms with Gasteiger partial charge in [0.15, 0.2) is 0 Å². The molecule has 0 heterocycles. The molecule has 0 amide bonds. The Hall–Kier alpha value is -1.20. The summed E-state index contributed by atoms with van der Waals surface area (Å²) in [6.45, 7) is 0. The number of nitrogens with two attached hydrogens (primary N) is 1. The topological polar surface area (TPSA) is 75.3 Å². The lowest BCUT2D eigenvalue weighted by atomic mass is 10.1. The Balaban J connectivity index is 3.01. The SMILES string of the molecule is NNc1ccc(S)cc1CC(=O)O. The molecule has 0 aliphatic heterocycles. The van der Waals surface area contributed by atoms with Crippen LogP contribution < -0.4 is 11.3 Å². The first-order valence-electron chi connectivity index (χ1n) is 3.64. The average Bonchev–Trinajstić information content (AvgIpc) is 2.03. The van der Waals surface area contributed by atoms with Gasteiger partial charge in [0.05, 0.1) is 12.1 Å². The van der Waals surface area contributed by atoms with E-state index in [2.05, 4.69) is 18.1 Å². The van der Waals surface area contributed by atoms with Crippen molar-refractivity contribution in [1.29, 1.82) is 0 Å². The highest BCUT2D eigenvalue weighted by molar-refractivity contribution is 7.80. The molecule has 0 atom stereocenters. The molecule has 1 rings (SSSR count). The van der Waals surface area contributed by atoms with Gasteiger partial charge in [0, 0.05) is 4.90 Å². The number of hydrogen-bond acceptors (Lipinski definition) is 4. The van der Waals surface area contributed by atoms with Gasteiger partial charge in [-0.05, 0) is 23.8 Å². The number of thiol groups is 1. The van der Waals surface area contributed by atoms with Crippen molar-refractivity contribution in [2.75, 3.05) is 5.43 Å². The van der Waals surface area contributed by atoms with Crippen LogP contribution in [0.5, 0.6) is 0 Å². The Morgan fingerprint density at radius 2 is 2.31 bits per heavy atom. The van der Waals surface area contributed by atoms with E-state index in [9.17, 15) is 4.79 Å². The third-order valence-corrected chi connectivity index (χ3v) is 1.86. The van der Waals surface area contributed by atoms with Gasteiger partial charge < -0.3 is 10.5 Å². The van der Waals surface area contributed by atoms with Gasteiger partial charge in [-0.1, -0.05) is 0 Å². The Morgan fingerprint density at radius 1 is 1.62 bits per heavy atom. The van der Waals surface area contributed by atoms with Gasteiger partial charge >= 0.3 is 5.97 Å². The number of carbonyl (C=O) groups is 1. The number of carboxylic acids is 1. The largest absolute Gasteiger partial charge is 0.481 e. The second-order valence-electron chi connectivity index (χ2n) is 2.56. The van der Waals surface area contributed by atoms with Crippen molar-refractivity contribution < 1.29 is 9.90 Å². The first-order chi connectivity index (χ1) is 6.13. The molecule has 1 aromatic carbocycles. The van der Waals surface area contributed by atoms with Crippen molar-refractivity contribution in [1.82, 2.24) is 0 Å². The highest BCUT2D eigenvalue weighted by Gasteiger charge is 2.05. The molecule has 0 aromatic heterocycles. The summed E-state index contributed by atoms with van der Waals surface area (Å²) in [5, 5.41) is 8.58. The van der Waals surface area contributed by atoms with Gasteiger partial charge in [-0.15, -0.1) is 12.6 Å². The van der Waals surface area contributed by atoms with E-state index in [0.717, 1.165) is 4.90 Å². The fraction of sp³-hybridized carbons (Fsp3) is 0.125. The summed E-state index contributed by atoms with van der Waals surface area (Å²) in [5.41, 5.74) is 3.67. The average molecular weight is 198 g/mol. The minimum Gasteiger partial charge on any atom is -0.481 e. The molecule has 4 N–H and O–H groups in total. The van der Waals surface area contributed by atoms with Gasteiger partial charge in [-0.25, -0.2) is 0 Å². The molecule has 0 saturated heterocycles. The Labute approximate surface area is 81.1 Å². The molecule has 0 radical (unpaired) electrons. The van der Waals surface area contributed by atoms with Crippen molar-refractivity contribution in [3.8, 4) is 0 Å². The number of carboxylic acid groups (broad SMARTS) is 1. The standard InChI is InChI=1S/C8H10N2O2S/c9-10-7-2-1-6(13)3-5(7)4-8(11)12/h1-3,10,13H,4,9H2,(H,11,12). The molecule has 0 fully saturated rings. The molecule has 70 valence electrons. The molecule has 4 nitrogen and oxygen atoms in total. The summed E-state index contributed by atoms with van der Waals surface area (Å²) < 4.78 is 0. The van der Waals surface area contributed by atoms with Crippen LogP contribution >= 0.6 is 12.6 Å². The van der Waals surface area contributed by atoms with E-state index in [1.165, 1.54) is 0 Å². The van der Waals surface area contributed by atoms with Crippen LogP contribution in [0.4, 0.5) is 5.69 Å². The molecule has 0 spiro atoms. The van der Waals surface area contributed by atoms with E-state index in [-0.39, 0.29) is 6.42 Å². The zero-order valence-corrected chi connectivity index (χ0v) is 7.71. The smallest absolute Gasteiger partial charge is 0.307 e. The molecular formula is C8H10N2O2S. The Morgan fingerprint density at radius 3 is 2.85 bits per heavy atom. The van der Waals surface area contributed by atoms with Gasteiger partial charge in [0.2, 0.25) is 0 Å². The summed E-state index contributed by atoms with van der Waals surface area (Å²) in [7, 11) is 0. The highest BCUT2D eigenvalue weighted by atomic mass is 32.1. The molecule has 1 aromatic rings. The van der Waals surface area contributed by atoms with E-state index < -0.39 is 5.97 Å². The van der Waals surface area contributed by atoms with Crippen molar-refractivity contribution in [3.05, 3.63) is 23.8 Å². The second kappa shape index (κ2) is 4.15. The lowest BCUT2D eigenvalue weighted by molar-refractivity contribution is -0.136. The van der Waals surface area contributed by atoms with E-state index in [0.29, 0.717) is 11.3 Å². The normalized spacial score (nSPS) is 9.69. The fourth-order valence-corrected chi connectivity index (χ4v) is 1.26. The fourth-order valence-electron chi connectivity index (χ4n) is 1.03. The first-order valence-corrected chi connectivity index (χ1v) is 4.08. The monoisotopic (exact) mass is 198 g/mol. The number of rotatable bonds is 3. The number of nitrogens with one attached hydrogen (secondary N) is 1. The lowest BCUT2D eigenvalue weighted by Gasteiger charge is -2.06. The molecule has 0 unspecified atom stereocenters. The maximum Gasteiger partial charge on any atom is 0.307 e. The third-order valence-electron chi connectivity index (χ3n) is 1.59. The van der Waals surface area contributed by atoms with E-state index in [4.69, 9.17) is 10.9 Å². The summed E-state index contributed by atoms with van der Waals surface area (Å²) in [6, 6.07) is 5.11. The van der Waals surface area contributed by atoms with Crippen molar-refractivity contribution in [2.45, 2.75) is 11.3 Å². The van der Waals surface area contributed by atoms with Crippen LogP contribution in [0.2, 0.25) is 0 Å². The number of benzene rings is 1. The minimum atomic E-state index is -0.893. The van der Waals surface area contributed by atoms with E-state index in [1.807, 2.05) is 0 Å². The van der Waals surface area contributed by atoms with Crippen LogP contribution in [0.15, 0.2) is 23.1 Å². The maximum absolute atomic E-state index is 10.5. The summed E-state index contributed by atoms with van der Waals surface area (Å²) in [5.74, 6) is 4.32. The van der Waals surface area contributed by atoms with Crippen LogP contribution in [0, 0.1) is 0 Å². The van der Waals surface area contributed by atoms with Gasteiger partial charge in [-0.2, -0.15) is 0 Å². The summed E-state index contributed by atoms with van der Waals surface area (Å²) in [6.07, 6.45) is -0.0616. The van der Waals surface area contributed by atoms with Crippen molar-refractivity contribution in [2.24, 2.45) is 5.84 Å². The lowest BCUT2D eigenvalue weighted by Crippen LogP contribution is -2.11. The predicted molar refractivity (Wildman–Crippen MR) is 52.8 cm³/mol. The second-order valence-corrected chi connectivity index (χ2v) is 3.07. The Bertz CT molecular complexity index is 328. The summed E-state index contributed by atoms with van der Waals surface area (Å²) in [4.78, 5) is 11.2. The number of hydrazine groups is 1. The van der Waals surface area contributed by atoms with Crippen LogP contribution in [0.1, 0.15) is 5.56 Å². The van der Waals surface area contributed by atoms with E-state index in [1.54, 1.807) is 18.2 Å². The number of hydrogen-bond donors (Lipinski definition) is 4. The van der Waals surface area contributed by atoms with Crippen molar-refractivity contribution >= 4 is 24.3 Å². The Kier molecular flexibility index (Phi) is 3.16. The molecule has 0 aliphatic carbocycles. The predicted octanol–water partition coefficient (Wildman–Crippen LogP) is 0.888. The van der Waals surface area contributed by atoms with E-state index >= 15 is 0 Å².